The third-order valence-electron chi connectivity index (χ3n) is 2.98. The number of anilines is 1. The van der Waals surface area contributed by atoms with E-state index in [-0.39, 0.29) is 6.03 Å². The summed E-state index contributed by atoms with van der Waals surface area (Å²) < 4.78 is 0. The molecule has 0 spiro atoms. The zero-order chi connectivity index (χ0) is 15.1. The number of amides is 2. The summed E-state index contributed by atoms with van der Waals surface area (Å²) in [5.74, 6) is 0. The Kier molecular flexibility index (Phi) is 4.93. The Labute approximate surface area is 123 Å². The molecule has 0 unspecified atom stereocenters. The van der Waals surface area contributed by atoms with Gasteiger partial charge in [0.2, 0.25) is 0 Å². The molecule has 0 radical (unpaired) electrons. The largest absolute Gasteiger partial charge is 0.411 e. The van der Waals surface area contributed by atoms with Crippen LogP contribution in [-0.2, 0) is 6.54 Å². The van der Waals surface area contributed by atoms with E-state index in [1.54, 1.807) is 25.1 Å². The van der Waals surface area contributed by atoms with Gasteiger partial charge in [0.1, 0.15) is 0 Å². The second kappa shape index (κ2) is 7.09. The van der Waals surface area contributed by atoms with Crippen molar-refractivity contribution in [2.75, 3.05) is 5.32 Å². The fourth-order valence-electron chi connectivity index (χ4n) is 1.83. The Morgan fingerprint density at radius 2 is 1.90 bits per heavy atom. The Balaban J connectivity index is 1.94. The second-order valence-corrected chi connectivity index (χ2v) is 4.56. The third-order valence-corrected chi connectivity index (χ3v) is 2.98. The van der Waals surface area contributed by atoms with Crippen LogP contribution in [-0.4, -0.2) is 17.0 Å². The van der Waals surface area contributed by atoms with Gasteiger partial charge in [-0.2, -0.15) is 0 Å². The molecule has 0 atom stereocenters. The monoisotopic (exact) mass is 283 g/mol. The Morgan fingerprint density at radius 3 is 2.62 bits per heavy atom. The topological polar surface area (TPSA) is 73.7 Å². The van der Waals surface area contributed by atoms with Crippen molar-refractivity contribution in [3.05, 3.63) is 65.7 Å². The molecule has 0 bridgehead atoms. The minimum Gasteiger partial charge on any atom is -0.411 e. The Bertz CT molecular complexity index is 639. The van der Waals surface area contributed by atoms with E-state index in [1.165, 1.54) is 0 Å². The molecular formula is C16H17N3O2. The molecule has 3 N–H and O–H groups in total. The predicted octanol–water partition coefficient (Wildman–Crippen LogP) is 3.21. The van der Waals surface area contributed by atoms with Crippen molar-refractivity contribution in [2.45, 2.75) is 13.5 Å². The third kappa shape index (κ3) is 4.35. The molecule has 0 saturated carbocycles. The molecule has 0 aliphatic carbocycles. The fourth-order valence-corrected chi connectivity index (χ4v) is 1.83. The van der Waals surface area contributed by atoms with Crippen LogP contribution < -0.4 is 10.6 Å². The van der Waals surface area contributed by atoms with Crippen LogP contribution >= 0.6 is 0 Å². The fraction of sp³-hybridized carbons (Fsp3) is 0.125. The highest BCUT2D eigenvalue weighted by molar-refractivity contribution is 6.00. The van der Waals surface area contributed by atoms with Gasteiger partial charge in [-0.05, 0) is 24.6 Å². The molecule has 2 aromatic carbocycles. The molecule has 5 nitrogen and oxygen atoms in total. The molecule has 0 aromatic heterocycles. The summed E-state index contributed by atoms with van der Waals surface area (Å²) in [6, 6.07) is 16.5. The molecule has 2 amide bonds. The molecule has 108 valence electrons. The molecule has 2 rings (SSSR count). The molecule has 0 heterocycles. The first-order chi connectivity index (χ1) is 10.2. The normalized spacial score (nSPS) is 11.0. The highest BCUT2D eigenvalue weighted by Crippen LogP contribution is 2.11. The summed E-state index contributed by atoms with van der Waals surface area (Å²) in [6.45, 7) is 2.15. The number of nitrogens with one attached hydrogen (secondary N) is 2. The van der Waals surface area contributed by atoms with Crippen molar-refractivity contribution in [1.29, 1.82) is 0 Å². The molecule has 5 heteroatoms. The molecule has 0 saturated heterocycles. The number of urea groups is 1. The van der Waals surface area contributed by atoms with Gasteiger partial charge in [0.15, 0.2) is 0 Å². The average molecular weight is 283 g/mol. The maximum Gasteiger partial charge on any atom is 0.319 e. The average Bonchev–Trinajstić information content (AvgIpc) is 2.53. The van der Waals surface area contributed by atoms with Crippen molar-refractivity contribution in [3.63, 3.8) is 0 Å². The van der Waals surface area contributed by atoms with Crippen LogP contribution in [0.1, 0.15) is 18.1 Å². The van der Waals surface area contributed by atoms with Crippen LogP contribution in [0.3, 0.4) is 0 Å². The number of hydrogen-bond acceptors (Lipinski definition) is 3. The van der Waals surface area contributed by atoms with E-state index in [0.29, 0.717) is 17.9 Å². The van der Waals surface area contributed by atoms with Gasteiger partial charge in [-0.15, -0.1) is 0 Å². The lowest BCUT2D eigenvalue weighted by Crippen LogP contribution is -2.28. The van der Waals surface area contributed by atoms with E-state index in [1.807, 2.05) is 36.4 Å². The van der Waals surface area contributed by atoms with Crippen molar-refractivity contribution in [3.8, 4) is 0 Å². The van der Waals surface area contributed by atoms with Crippen LogP contribution in [0.4, 0.5) is 10.5 Å². The highest BCUT2D eigenvalue weighted by atomic mass is 16.4. The van der Waals surface area contributed by atoms with Crippen molar-refractivity contribution < 1.29 is 10.0 Å². The summed E-state index contributed by atoms with van der Waals surface area (Å²) in [5.41, 5.74) is 2.91. The standard InChI is InChI=1S/C16H17N3O2/c1-12(19-21)14-8-5-9-15(10-14)18-16(20)17-11-13-6-3-2-4-7-13/h2-10,21H,11H2,1H3,(H2,17,18,20)/b19-12-. The van der Waals surface area contributed by atoms with Gasteiger partial charge in [-0.1, -0.05) is 47.6 Å². The maximum atomic E-state index is 11.8. The number of carbonyl (C=O) groups excluding carboxylic acids is 1. The smallest absolute Gasteiger partial charge is 0.319 e. The van der Waals surface area contributed by atoms with E-state index in [0.717, 1.165) is 11.1 Å². The summed E-state index contributed by atoms with van der Waals surface area (Å²) >= 11 is 0. The van der Waals surface area contributed by atoms with Crippen molar-refractivity contribution in [1.82, 2.24) is 5.32 Å². The highest BCUT2D eigenvalue weighted by Gasteiger charge is 2.04. The van der Waals surface area contributed by atoms with Crippen LogP contribution in [0.5, 0.6) is 0 Å². The minimum absolute atomic E-state index is 0.283. The zero-order valence-electron chi connectivity index (χ0n) is 11.7. The molecule has 0 aliphatic heterocycles. The molecule has 2 aromatic rings. The number of nitrogens with zero attached hydrogens (tertiary/aromatic N) is 1. The number of rotatable bonds is 4. The molecular weight excluding hydrogens is 266 g/mol. The number of carbonyl (C=O) groups is 1. The SMILES string of the molecule is C/C(=N/O)c1cccc(NC(=O)NCc2ccccc2)c1. The van der Waals surface area contributed by atoms with Crippen molar-refractivity contribution >= 4 is 17.4 Å². The molecule has 0 fully saturated rings. The predicted molar refractivity (Wildman–Crippen MR) is 82.7 cm³/mol. The van der Waals surface area contributed by atoms with Gasteiger partial charge < -0.3 is 15.8 Å². The van der Waals surface area contributed by atoms with Gasteiger partial charge >= 0.3 is 6.03 Å². The van der Waals surface area contributed by atoms with Gasteiger partial charge in [-0.3, -0.25) is 0 Å². The molecule has 21 heavy (non-hydrogen) atoms. The van der Waals surface area contributed by atoms with Crippen LogP contribution in [0, 0.1) is 0 Å². The van der Waals surface area contributed by atoms with E-state index in [4.69, 9.17) is 5.21 Å². The Hall–Kier alpha value is -2.82. The second-order valence-electron chi connectivity index (χ2n) is 4.56. The van der Waals surface area contributed by atoms with E-state index in [9.17, 15) is 4.79 Å². The lowest BCUT2D eigenvalue weighted by molar-refractivity contribution is 0.251. The van der Waals surface area contributed by atoms with Crippen LogP contribution in [0.15, 0.2) is 59.8 Å². The van der Waals surface area contributed by atoms with Crippen LogP contribution in [0.25, 0.3) is 0 Å². The van der Waals surface area contributed by atoms with Crippen LogP contribution in [0.2, 0.25) is 0 Å². The first-order valence-corrected chi connectivity index (χ1v) is 6.57. The number of oxime groups is 1. The van der Waals surface area contributed by atoms with E-state index < -0.39 is 0 Å². The molecule has 0 aliphatic rings. The van der Waals surface area contributed by atoms with Gasteiger partial charge in [-0.25, -0.2) is 4.79 Å². The van der Waals surface area contributed by atoms with E-state index in [2.05, 4.69) is 15.8 Å². The number of benzene rings is 2. The maximum absolute atomic E-state index is 11.8. The van der Waals surface area contributed by atoms with Crippen molar-refractivity contribution in [2.24, 2.45) is 5.16 Å². The first-order valence-electron chi connectivity index (χ1n) is 6.57. The lowest BCUT2D eigenvalue weighted by atomic mass is 10.1. The van der Waals surface area contributed by atoms with Gasteiger partial charge in [0, 0.05) is 17.8 Å². The Morgan fingerprint density at radius 1 is 1.14 bits per heavy atom. The summed E-state index contributed by atoms with van der Waals surface area (Å²) in [6.07, 6.45) is 0. The van der Waals surface area contributed by atoms with Gasteiger partial charge in [0.25, 0.3) is 0 Å². The van der Waals surface area contributed by atoms with Gasteiger partial charge in [0.05, 0.1) is 5.71 Å². The first kappa shape index (κ1) is 14.6. The number of hydrogen-bond donors (Lipinski definition) is 3. The lowest BCUT2D eigenvalue weighted by Gasteiger charge is -2.09. The summed E-state index contributed by atoms with van der Waals surface area (Å²) in [4.78, 5) is 11.8. The zero-order valence-corrected chi connectivity index (χ0v) is 11.7. The quantitative estimate of drug-likeness (QED) is 0.458. The summed E-state index contributed by atoms with van der Waals surface area (Å²) in [5, 5.41) is 17.4. The summed E-state index contributed by atoms with van der Waals surface area (Å²) in [7, 11) is 0. The minimum atomic E-state index is -0.283. The van der Waals surface area contributed by atoms with E-state index >= 15 is 0 Å².